The number of ether oxygens (including phenoxy) is 2. The second-order valence-corrected chi connectivity index (χ2v) is 5.09. The molecule has 0 radical (unpaired) electrons. The standard InChI is InChI=1S/C13H17BrO2/c1-10-5-6-12(14)8-11(10)9-16-13-4-2-3-7-15-13/h5-6,8,13H,2-4,7,9H2,1H3. The molecule has 2 rings (SSSR count). The molecule has 1 fully saturated rings. The van der Waals surface area contributed by atoms with Gasteiger partial charge in [0.1, 0.15) is 0 Å². The predicted octanol–water partition coefficient (Wildman–Crippen LogP) is 3.80. The lowest BCUT2D eigenvalue weighted by atomic mass is 10.1. The molecule has 1 heterocycles. The summed E-state index contributed by atoms with van der Waals surface area (Å²) in [6.45, 7) is 3.57. The monoisotopic (exact) mass is 284 g/mol. The number of rotatable bonds is 3. The summed E-state index contributed by atoms with van der Waals surface area (Å²) in [7, 11) is 0. The van der Waals surface area contributed by atoms with E-state index in [1.807, 2.05) is 0 Å². The number of aryl methyl sites for hydroxylation is 1. The van der Waals surface area contributed by atoms with Crippen molar-refractivity contribution in [2.75, 3.05) is 6.61 Å². The molecule has 1 aromatic rings. The van der Waals surface area contributed by atoms with Gasteiger partial charge in [-0.1, -0.05) is 22.0 Å². The Labute approximate surface area is 105 Å². The van der Waals surface area contributed by atoms with Crippen molar-refractivity contribution in [2.45, 2.75) is 39.1 Å². The Bertz CT molecular complexity index is 346. The van der Waals surface area contributed by atoms with Gasteiger partial charge in [0.25, 0.3) is 0 Å². The summed E-state index contributed by atoms with van der Waals surface area (Å²) >= 11 is 3.48. The molecule has 0 saturated carbocycles. The van der Waals surface area contributed by atoms with Crippen LogP contribution >= 0.6 is 15.9 Å². The van der Waals surface area contributed by atoms with Gasteiger partial charge in [0, 0.05) is 11.1 Å². The summed E-state index contributed by atoms with van der Waals surface area (Å²) in [6, 6.07) is 6.26. The third-order valence-electron chi connectivity index (χ3n) is 2.87. The normalized spacial score (nSPS) is 21.0. The van der Waals surface area contributed by atoms with Gasteiger partial charge in [-0.25, -0.2) is 0 Å². The fraction of sp³-hybridized carbons (Fsp3) is 0.538. The molecule has 0 aliphatic carbocycles. The van der Waals surface area contributed by atoms with Gasteiger partial charge >= 0.3 is 0 Å². The van der Waals surface area contributed by atoms with Crippen molar-refractivity contribution in [3.05, 3.63) is 33.8 Å². The highest BCUT2D eigenvalue weighted by Gasteiger charge is 2.14. The van der Waals surface area contributed by atoms with Crippen LogP contribution in [0.4, 0.5) is 0 Å². The lowest BCUT2D eigenvalue weighted by Crippen LogP contribution is -2.22. The number of halogens is 1. The molecule has 0 bridgehead atoms. The van der Waals surface area contributed by atoms with Crippen LogP contribution in [0.25, 0.3) is 0 Å². The maximum Gasteiger partial charge on any atom is 0.158 e. The Morgan fingerprint density at radius 1 is 1.44 bits per heavy atom. The van der Waals surface area contributed by atoms with Crippen molar-refractivity contribution < 1.29 is 9.47 Å². The van der Waals surface area contributed by atoms with E-state index in [9.17, 15) is 0 Å². The third-order valence-corrected chi connectivity index (χ3v) is 3.37. The number of hydrogen-bond acceptors (Lipinski definition) is 2. The molecule has 1 aliphatic rings. The fourth-order valence-electron chi connectivity index (χ4n) is 1.82. The van der Waals surface area contributed by atoms with Crippen molar-refractivity contribution in [1.29, 1.82) is 0 Å². The second kappa shape index (κ2) is 5.80. The summed E-state index contributed by atoms with van der Waals surface area (Å²) in [5.74, 6) is 0. The van der Waals surface area contributed by atoms with Crippen molar-refractivity contribution >= 4 is 15.9 Å². The zero-order chi connectivity index (χ0) is 11.4. The van der Waals surface area contributed by atoms with Crippen molar-refractivity contribution in [2.24, 2.45) is 0 Å². The maximum atomic E-state index is 5.76. The van der Waals surface area contributed by atoms with Crippen LogP contribution in [0.3, 0.4) is 0 Å². The average Bonchev–Trinajstić information content (AvgIpc) is 2.32. The first-order valence-electron chi connectivity index (χ1n) is 5.74. The van der Waals surface area contributed by atoms with E-state index in [-0.39, 0.29) is 6.29 Å². The first-order chi connectivity index (χ1) is 7.75. The van der Waals surface area contributed by atoms with Crippen LogP contribution < -0.4 is 0 Å². The Morgan fingerprint density at radius 3 is 3.06 bits per heavy atom. The molecule has 3 heteroatoms. The minimum atomic E-state index is -0.00729. The third kappa shape index (κ3) is 3.30. The van der Waals surface area contributed by atoms with Crippen molar-refractivity contribution in [3.63, 3.8) is 0 Å². The molecule has 2 nitrogen and oxygen atoms in total. The molecule has 16 heavy (non-hydrogen) atoms. The van der Waals surface area contributed by atoms with E-state index in [1.54, 1.807) is 0 Å². The summed E-state index contributed by atoms with van der Waals surface area (Å²) in [6.07, 6.45) is 3.39. The van der Waals surface area contributed by atoms with E-state index in [2.05, 4.69) is 41.1 Å². The van der Waals surface area contributed by atoms with Crippen LogP contribution in [-0.4, -0.2) is 12.9 Å². The van der Waals surface area contributed by atoms with Crippen molar-refractivity contribution in [3.8, 4) is 0 Å². The average molecular weight is 285 g/mol. The van der Waals surface area contributed by atoms with Gasteiger partial charge in [-0.3, -0.25) is 0 Å². The topological polar surface area (TPSA) is 18.5 Å². The zero-order valence-electron chi connectivity index (χ0n) is 9.54. The van der Waals surface area contributed by atoms with Crippen LogP contribution in [0.1, 0.15) is 30.4 Å². The lowest BCUT2D eigenvalue weighted by Gasteiger charge is -2.23. The van der Waals surface area contributed by atoms with E-state index in [0.29, 0.717) is 6.61 Å². The van der Waals surface area contributed by atoms with Gasteiger partial charge in [-0.15, -0.1) is 0 Å². The number of benzene rings is 1. The van der Waals surface area contributed by atoms with Crippen LogP contribution in [-0.2, 0) is 16.1 Å². The van der Waals surface area contributed by atoms with E-state index in [1.165, 1.54) is 17.5 Å². The minimum Gasteiger partial charge on any atom is -0.353 e. The first-order valence-corrected chi connectivity index (χ1v) is 6.53. The summed E-state index contributed by atoms with van der Waals surface area (Å²) < 4.78 is 12.4. The molecule has 88 valence electrons. The van der Waals surface area contributed by atoms with Gasteiger partial charge in [0.05, 0.1) is 6.61 Å². The lowest BCUT2D eigenvalue weighted by molar-refractivity contribution is -0.169. The highest BCUT2D eigenvalue weighted by molar-refractivity contribution is 9.10. The smallest absolute Gasteiger partial charge is 0.158 e. The van der Waals surface area contributed by atoms with Gasteiger partial charge < -0.3 is 9.47 Å². The minimum absolute atomic E-state index is 0.00729. The van der Waals surface area contributed by atoms with Crippen LogP contribution in [0, 0.1) is 6.92 Å². The van der Waals surface area contributed by atoms with Gasteiger partial charge in [0.15, 0.2) is 6.29 Å². The van der Waals surface area contributed by atoms with Crippen LogP contribution in [0.2, 0.25) is 0 Å². The quantitative estimate of drug-likeness (QED) is 0.841. The Morgan fingerprint density at radius 2 is 2.31 bits per heavy atom. The van der Waals surface area contributed by atoms with Gasteiger partial charge in [-0.2, -0.15) is 0 Å². The Balaban J connectivity index is 1.90. The molecule has 0 spiro atoms. The highest BCUT2D eigenvalue weighted by Crippen LogP contribution is 2.20. The first kappa shape index (κ1) is 12.1. The molecule has 0 amide bonds. The van der Waals surface area contributed by atoms with E-state index < -0.39 is 0 Å². The molecule has 1 saturated heterocycles. The molecule has 0 N–H and O–H groups in total. The molecule has 1 atom stereocenters. The largest absolute Gasteiger partial charge is 0.353 e. The molecule has 1 unspecified atom stereocenters. The molecular formula is C13H17BrO2. The van der Waals surface area contributed by atoms with Crippen LogP contribution in [0.5, 0.6) is 0 Å². The van der Waals surface area contributed by atoms with Crippen molar-refractivity contribution in [1.82, 2.24) is 0 Å². The second-order valence-electron chi connectivity index (χ2n) is 4.18. The van der Waals surface area contributed by atoms with Gasteiger partial charge in [0.2, 0.25) is 0 Å². The van der Waals surface area contributed by atoms with E-state index in [4.69, 9.17) is 9.47 Å². The van der Waals surface area contributed by atoms with Gasteiger partial charge in [-0.05, 0) is 49.4 Å². The van der Waals surface area contributed by atoms with Crippen LogP contribution in [0.15, 0.2) is 22.7 Å². The highest BCUT2D eigenvalue weighted by atomic mass is 79.9. The summed E-state index contributed by atoms with van der Waals surface area (Å²) in [5.41, 5.74) is 2.49. The Kier molecular flexibility index (Phi) is 4.38. The fourth-order valence-corrected chi connectivity index (χ4v) is 2.23. The zero-order valence-corrected chi connectivity index (χ0v) is 11.1. The molecule has 0 aromatic heterocycles. The molecular weight excluding hydrogens is 268 g/mol. The van der Waals surface area contributed by atoms with E-state index >= 15 is 0 Å². The summed E-state index contributed by atoms with van der Waals surface area (Å²) in [4.78, 5) is 0. The number of hydrogen-bond donors (Lipinski definition) is 0. The SMILES string of the molecule is Cc1ccc(Br)cc1COC1CCCCO1. The van der Waals surface area contributed by atoms with E-state index in [0.717, 1.165) is 23.9 Å². The Hall–Kier alpha value is -0.380. The summed E-state index contributed by atoms with van der Waals surface area (Å²) in [5, 5.41) is 0. The molecule has 1 aromatic carbocycles. The predicted molar refractivity (Wildman–Crippen MR) is 67.3 cm³/mol. The maximum absolute atomic E-state index is 5.76. The molecule has 1 aliphatic heterocycles.